The summed E-state index contributed by atoms with van der Waals surface area (Å²) in [5.74, 6) is 0.499. The number of amides is 2. The van der Waals surface area contributed by atoms with Crippen LogP contribution >= 0.6 is 11.3 Å². The van der Waals surface area contributed by atoms with Crippen LogP contribution in [0, 0.1) is 18.3 Å². The zero-order valence-electron chi connectivity index (χ0n) is 17.9. The molecule has 0 unspecified atom stereocenters. The van der Waals surface area contributed by atoms with Crippen LogP contribution < -0.4 is 0 Å². The molecule has 0 aromatic carbocycles. The maximum absolute atomic E-state index is 13.7. The highest BCUT2D eigenvalue weighted by molar-refractivity contribution is 7.09. The first kappa shape index (κ1) is 19.7. The minimum atomic E-state index is -0.564. The topological polar surface area (TPSA) is 71.3 Å². The number of aromatic nitrogens is 3. The van der Waals surface area contributed by atoms with Gasteiger partial charge in [0.25, 0.3) is 0 Å². The molecule has 2 saturated heterocycles. The van der Waals surface area contributed by atoms with Crippen LogP contribution in [-0.2, 0) is 16.1 Å². The van der Waals surface area contributed by atoms with E-state index in [-0.39, 0.29) is 23.7 Å². The van der Waals surface area contributed by atoms with Crippen molar-refractivity contribution in [2.75, 3.05) is 19.6 Å². The fraction of sp³-hybridized carbons (Fsp3) is 0.636. The number of hydrogen-bond donors (Lipinski definition) is 0. The van der Waals surface area contributed by atoms with Gasteiger partial charge in [-0.25, -0.2) is 9.97 Å². The molecule has 2 aromatic heterocycles. The van der Waals surface area contributed by atoms with Gasteiger partial charge in [-0.2, -0.15) is 0 Å². The molecule has 2 atom stereocenters. The van der Waals surface area contributed by atoms with Crippen molar-refractivity contribution >= 4 is 23.2 Å². The number of likely N-dealkylation sites (tertiary alicyclic amines) is 2. The van der Waals surface area contributed by atoms with Crippen LogP contribution in [0.25, 0.3) is 0 Å². The Kier molecular flexibility index (Phi) is 4.72. The Morgan fingerprint density at radius 3 is 2.80 bits per heavy atom. The van der Waals surface area contributed by atoms with E-state index in [0.717, 1.165) is 35.7 Å². The largest absolute Gasteiger partial charge is 0.341 e. The first-order chi connectivity index (χ1) is 14.4. The molecule has 8 heteroatoms. The molecule has 2 amide bonds. The molecule has 5 rings (SSSR count). The second-order valence-corrected chi connectivity index (χ2v) is 10.4. The molecule has 1 aliphatic carbocycles. The van der Waals surface area contributed by atoms with Crippen molar-refractivity contribution in [2.24, 2.45) is 11.3 Å². The molecule has 0 radical (unpaired) electrons. The third-order valence-corrected chi connectivity index (χ3v) is 7.74. The van der Waals surface area contributed by atoms with Gasteiger partial charge >= 0.3 is 0 Å². The average Bonchev–Trinajstić information content (AvgIpc) is 3.05. The maximum atomic E-state index is 13.7. The van der Waals surface area contributed by atoms with E-state index < -0.39 is 5.41 Å². The van der Waals surface area contributed by atoms with Crippen molar-refractivity contribution < 1.29 is 9.59 Å². The van der Waals surface area contributed by atoms with Gasteiger partial charge in [0.05, 0.1) is 34.7 Å². The van der Waals surface area contributed by atoms with Crippen molar-refractivity contribution in [1.29, 1.82) is 0 Å². The number of carbonyl (C=O) groups is 2. The number of carbonyl (C=O) groups excluding carboxylic acids is 2. The van der Waals surface area contributed by atoms with Crippen LogP contribution in [-0.4, -0.2) is 55.8 Å². The highest BCUT2D eigenvalue weighted by atomic mass is 32.1. The summed E-state index contributed by atoms with van der Waals surface area (Å²) in [6.07, 6.45) is 6.66. The number of thiazole rings is 1. The van der Waals surface area contributed by atoms with Crippen molar-refractivity contribution in [3.8, 4) is 0 Å². The molecule has 1 saturated carbocycles. The number of hydrogen-bond acceptors (Lipinski definition) is 5. The molecule has 3 aliphatic rings. The molecule has 2 aromatic rings. The third-order valence-electron chi connectivity index (χ3n) is 6.92. The van der Waals surface area contributed by atoms with E-state index in [4.69, 9.17) is 0 Å². The minimum Gasteiger partial charge on any atom is -0.341 e. The summed E-state index contributed by atoms with van der Waals surface area (Å²) in [6.45, 7) is 8.61. The second-order valence-electron chi connectivity index (χ2n) is 9.38. The Morgan fingerprint density at radius 1 is 1.37 bits per heavy atom. The molecular formula is C22H29N5O2S. The van der Waals surface area contributed by atoms with E-state index in [1.807, 2.05) is 28.4 Å². The van der Waals surface area contributed by atoms with Gasteiger partial charge in [-0.3, -0.25) is 9.59 Å². The summed E-state index contributed by atoms with van der Waals surface area (Å²) in [5.41, 5.74) is 1.33. The van der Waals surface area contributed by atoms with E-state index in [0.29, 0.717) is 32.2 Å². The zero-order chi connectivity index (χ0) is 21.0. The smallest absolute Gasteiger partial charge is 0.231 e. The Bertz CT molecular complexity index is 978. The van der Waals surface area contributed by atoms with Crippen LogP contribution in [0.4, 0.5) is 0 Å². The molecule has 2 aliphatic heterocycles. The Morgan fingerprint density at radius 2 is 2.17 bits per heavy atom. The predicted octanol–water partition coefficient (Wildman–Crippen LogP) is 2.98. The lowest BCUT2D eigenvalue weighted by atomic mass is 9.75. The van der Waals surface area contributed by atoms with Crippen molar-refractivity contribution in [3.63, 3.8) is 0 Å². The van der Waals surface area contributed by atoms with Crippen molar-refractivity contribution in [2.45, 2.75) is 58.5 Å². The zero-order valence-corrected chi connectivity index (χ0v) is 18.7. The van der Waals surface area contributed by atoms with Crippen molar-refractivity contribution in [1.82, 2.24) is 24.3 Å². The quantitative estimate of drug-likeness (QED) is 0.735. The number of nitrogens with zero attached hydrogens (tertiary/aromatic N) is 5. The lowest BCUT2D eigenvalue weighted by molar-refractivity contribution is -0.137. The average molecular weight is 428 g/mol. The summed E-state index contributed by atoms with van der Waals surface area (Å²) in [5, 5.41) is 3.05. The molecule has 30 heavy (non-hydrogen) atoms. The first-order valence-corrected chi connectivity index (χ1v) is 11.8. The summed E-state index contributed by atoms with van der Waals surface area (Å²) < 4.78 is 2.09. The summed E-state index contributed by atoms with van der Waals surface area (Å²) in [4.78, 5) is 39.7. The van der Waals surface area contributed by atoms with Crippen molar-refractivity contribution in [3.05, 3.63) is 34.3 Å². The SMILES string of the molecule is Cc1nc(CN2CC[C@@]3(CN(C(=O)C4CC4)C[C@H]3c3cn(C(C)C)cn3)C2=O)cs1. The van der Waals surface area contributed by atoms with E-state index >= 15 is 0 Å². The van der Waals surface area contributed by atoms with Crippen LogP contribution in [0.2, 0.25) is 0 Å². The van der Waals surface area contributed by atoms with Gasteiger partial charge in [-0.05, 0) is 40.0 Å². The van der Waals surface area contributed by atoms with Gasteiger partial charge in [0.15, 0.2) is 0 Å². The van der Waals surface area contributed by atoms with Gasteiger partial charge in [0, 0.05) is 49.1 Å². The van der Waals surface area contributed by atoms with E-state index in [1.165, 1.54) is 0 Å². The van der Waals surface area contributed by atoms with Gasteiger partial charge in [0.1, 0.15) is 0 Å². The highest BCUT2D eigenvalue weighted by Crippen LogP contribution is 2.51. The summed E-state index contributed by atoms with van der Waals surface area (Å²) >= 11 is 1.62. The van der Waals surface area contributed by atoms with Gasteiger partial charge in [-0.15, -0.1) is 11.3 Å². The van der Waals surface area contributed by atoms with E-state index in [1.54, 1.807) is 11.3 Å². The standard InChI is InChI=1S/C22H29N5O2S/c1-14(2)27-10-19(23-13-27)18-9-26(20(28)16-4-5-16)12-22(18)6-7-25(21(22)29)8-17-11-30-15(3)24-17/h10-11,13-14,16,18H,4-9,12H2,1-3H3/t18-,22-/m0/s1. The van der Waals surface area contributed by atoms with Crippen LogP contribution in [0.1, 0.15) is 61.5 Å². The molecule has 3 fully saturated rings. The van der Waals surface area contributed by atoms with Crippen LogP contribution in [0.15, 0.2) is 17.9 Å². The summed E-state index contributed by atoms with van der Waals surface area (Å²) in [7, 11) is 0. The van der Waals surface area contributed by atoms with Gasteiger partial charge in [0.2, 0.25) is 11.8 Å². The third kappa shape index (κ3) is 3.25. The Balaban J connectivity index is 1.44. The lowest BCUT2D eigenvalue weighted by Crippen LogP contribution is -2.40. The lowest BCUT2D eigenvalue weighted by Gasteiger charge is -2.27. The number of aryl methyl sites for hydroxylation is 1. The minimum absolute atomic E-state index is 0.0464. The van der Waals surface area contributed by atoms with E-state index in [2.05, 4.69) is 34.6 Å². The molecule has 160 valence electrons. The molecule has 1 spiro atoms. The highest BCUT2D eigenvalue weighted by Gasteiger charge is 2.59. The molecule has 0 N–H and O–H groups in total. The van der Waals surface area contributed by atoms with Crippen LogP contribution in [0.3, 0.4) is 0 Å². The predicted molar refractivity (Wildman–Crippen MR) is 114 cm³/mol. The fourth-order valence-electron chi connectivity index (χ4n) is 5.01. The monoisotopic (exact) mass is 427 g/mol. The molecular weight excluding hydrogens is 398 g/mol. The molecule has 4 heterocycles. The number of rotatable bonds is 5. The van der Waals surface area contributed by atoms with Crippen LogP contribution in [0.5, 0.6) is 0 Å². The Labute approximate surface area is 181 Å². The van der Waals surface area contributed by atoms with Gasteiger partial charge in [-0.1, -0.05) is 0 Å². The fourth-order valence-corrected chi connectivity index (χ4v) is 5.62. The first-order valence-electron chi connectivity index (χ1n) is 10.9. The normalized spacial score (nSPS) is 26.5. The summed E-state index contributed by atoms with van der Waals surface area (Å²) in [6, 6.07) is 0.316. The Hall–Kier alpha value is -2.22. The molecule has 0 bridgehead atoms. The maximum Gasteiger partial charge on any atom is 0.231 e. The number of imidazole rings is 1. The van der Waals surface area contributed by atoms with Gasteiger partial charge < -0.3 is 14.4 Å². The second kappa shape index (κ2) is 7.18. The molecule has 7 nitrogen and oxygen atoms in total. The van der Waals surface area contributed by atoms with E-state index in [9.17, 15) is 9.59 Å².